The number of nitrogens with zero attached hydrogens (tertiary/aromatic N) is 2. The number of rotatable bonds is 6. The molecule has 1 aliphatic rings. The number of piperidine rings is 1. The Hall–Kier alpha value is -3.74. The molecule has 0 radical (unpaired) electrons. The summed E-state index contributed by atoms with van der Waals surface area (Å²) in [6, 6.07) is 20.3. The predicted molar refractivity (Wildman–Crippen MR) is 123 cm³/mol. The third kappa shape index (κ3) is 5.29. The van der Waals surface area contributed by atoms with Gasteiger partial charge in [-0.05, 0) is 43.0 Å². The van der Waals surface area contributed by atoms with Gasteiger partial charge in [0.15, 0.2) is 0 Å². The number of benzene rings is 2. The molecule has 4 rings (SSSR count). The molecule has 2 aromatic carbocycles. The fourth-order valence-corrected chi connectivity index (χ4v) is 3.97. The summed E-state index contributed by atoms with van der Waals surface area (Å²) in [7, 11) is 0. The third-order valence-electron chi connectivity index (χ3n) is 5.78. The molecular formula is C25H26N4O3. The number of amides is 3. The quantitative estimate of drug-likeness (QED) is 0.587. The highest BCUT2D eigenvalue weighted by molar-refractivity contribution is 5.90. The van der Waals surface area contributed by atoms with Crippen molar-refractivity contribution in [2.24, 2.45) is 5.92 Å². The van der Waals surface area contributed by atoms with Crippen molar-refractivity contribution >= 4 is 34.9 Å². The van der Waals surface area contributed by atoms with E-state index in [0.717, 1.165) is 22.8 Å². The summed E-state index contributed by atoms with van der Waals surface area (Å²) in [6.07, 6.45) is 2.36. The zero-order chi connectivity index (χ0) is 22.3. The molecule has 164 valence electrons. The lowest BCUT2D eigenvalue weighted by molar-refractivity contribution is -0.128. The minimum Gasteiger partial charge on any atom is -0.346 e. The van der Waals surface area contributed by atoms with Crippen LogP contribution in [0.5, 0.6) is 0 Å². The largest absolute Gasteiger partial charge is 0.346 e. The minimum atomic E-state index is -0.551. The number of anilines is 1. The predicted octanol–water partition coefficient (Wildman–Crippen LogP) is 3.41. The van der Waals surface area contributed by atoms with Crippen LogP contribution in [0.4, 0.5) is 10.6 Å². The molecule has 0 spiro atoms. The van der Waals surface area contributed by atoms with E-state index in [4.69, 9.17) is 0 Å². The summed E-state index contributed by atoms with van der Waals surface area (Å²) in [5, 5.41) is 6.71. The Bertz CT molecular complexity index is 1090. The molecule has 2 heterocycles. The maximum atomic E-state index is 12.7. The zero-order valence-electron chi connectivity index (χ0n) is 17.7. The number of aldehydes is 1. The van der Waals surface area contributed by atoms with Crippen molar-refractivity contribution in [1.29, 1.82) is 0 Å². The van der Waals surface area contributed by atoms with Gasteiger partial charge in [0.05, 0.1) is 11.6 Å². The van der Waals surface area contributed by atoms with Gasteiger partial charge in [-0.15, -0.1) is 0 Å². The van der Waals surface area contributed by atoms with Gasteiger partial charge < -0.3 is 15.0 Å². The van der Waals surface area contributed by atoms with Gasteiger partial charge in [-0.2, -0.15) is 0 Å². The minimum absolute atomic E-state index is 0.130. The van der Waals surface area contributed by atoms with E-state index in [1.54, 1.807) is 11.0 Å². The number of fused-ring (bicyclic) bond motifs is 1. The molecule has 7 nitrogen and oxygen atoms in total. The number of pyridine rings is 1. The first kappa shape index (κ1) is 21.5. The SMILES string of the molecule is O=C[C@H](Cc1ccccc1)NC(=O)C1CCN(C(=O)Nc2ccc3ccccc3n2)CC1. The third-order valence-corrected chi connectivity index (χ3v) is 5.78. The van der Waals surface area contributed by atoms with Crippen molar-refractivity contribution in [2.45, 2.75) is 25.3 Å². The normalized spacial score (nSPS) is 15.2. The molecule has 3 amide bonds. The maximum absolute atomic E-state index is 12.7. The molecule has 0 aliphatic carbocycles. The topological polar surface area (TPSA) is 91.4 Å². The Labute approximate surface area is 186 Å². The highest BCUT2D eigenvalue weighted by Crippen LogP contribution is 2.20. The van der Waals surface area contributed by atoms with Crippen LogP contribution in [-0.2, 0) is 16.0 Å². The van der Waals surface area contributed by atoms with Crippen LogP contribution in [-0.4, -0.2) is 47.2 Å². The Balaban J connectivity index is 1.27. The van der Waals surface area contributed by atoms with E-state index in [9.17, 15) is 14.4 Å². The lowest BCUT2D eigenvalue weighted by atomic mass is 9.95. The van der Waals surface area contributed by atoms with Gasteiger partial charge in [-0.3, -0.25) is 10.1 Å². The molecule has 0 saturated carbocycles. The van der Waals surface area contributed by atoms with Gasteiger partial charge in [0.1, 0.15) is 12.1 Å². The second-order valence-electron chi connectivity index (χ2n) is 8.02. The van der Waals surface area contributed by atoms with Crippen molar-refractivity contribution in [1.82, 2.24) is 15.2 Å². The summed E-state index contributed by atoms with van der Waals surface area (Å²) in [5.41, 5.74) is 1.82. The number of likely N-dealkylation sites (tertiary alicyclic amines) is 1. The number of carbonyl (C=O) groups excluding carboxylic acids is 3. The summed E-state index contributed by atoms with van der Waals surface area (Å²) in [5.74, 6) is 0.161. The van der Waals surface area contributed by atoms with Gasteiger partial charge in [0.25, 0.3) is 0 Å². The molecule has 7 heteroatoms. The standard InChI is InChI=1S/C25H26N4O3/c30-17-21(16-18-6-2-1-3-7-18)26-24(31)20-12-14-29(15-13-20)25(32)28-23-11-10-19-8-4-5-9-22(19)27-23/h1-11,17,20-21H,12-16H2,(H,26,31)(H,27,28,32)/t21-/m0/s1. The number of urea groups is 1. The van der Waals surface area contributed by atoms with Crippen LogP contribution in [0.15, 0.2) is 66.7 Å². The van der Waals surface area contributed by atoms with E-state index in [1.165, 1.54) is 0 Å². The van der Waals surface area contributed by atoms with Crippen LogP contribution < -0.4 is 10.6 Å². The molecule has 1 atom stereocenters. The number of hydrogen-bond acceptors (Lipinski definition) is 4. The van der Waals surface area contributed by atoms with Crippen molar-refractivity contribution < 1.29 is 14.4 Å². The monoisotopic (exact) mass is 430 g/mol. The summed E-state index contributed by atoms with van der Waals surface area (Å²) >= 11 is 0. The summed E-state index contributed by atoms with van der Waals surface area (Å²) in [6.45, 7) is 0.948. The van der Waals surface area contributed by atoms with Crippen LogP contribution in [0.1, 0.15) is 18.4 Å². The lowest BCUT2D eigenvalue weighted by Gasteiger charge is -2.31. The first-order chi connectivity index (χ1) is 15.6. The van der Waals surface area contributed by atoms with E-state index in [1.807, 2.05) is 60.7 Å². The van der Waals surface area contributed by atoms with Crippen molar-refractivity contribution in [3.63, 3.8) is 0 Å². The fraction of sp³-hybridized carbons (Fsp3) is 0.280. The highest BCUT2D eigenvalue weighted by Gasteiger charge is 2.28. The average molecular weight is 431 g/mol. The van der Waals surface area contributed by atoms with Crippen LogP contribution in [0.25, 0.3) is 10.9 Å². The van der Waals surface area contributed by atoms with Crippen LogP contribution in [0.2, 0.25) is 0 Å². The number of hydrogen-bond donors (Lipinski definition) is 2. The van der Waals surface area contributed by atoms with Crippen LogP contribution in [0, 0.1) is 5.92 Å². The van der Waals surface area contributed by atoms with Crippen LogP contribution >= 0.6 is 0 Å². The van der Waals surface area contributed by atoms with Crippen molar-refractivity contribution in [2.75, 3.05) is 18.4 Å². The first-order valence-electron chi connectivity index (χ1n) is 10.8. The molecule has 0 unspecified atom stereocenters. The number of nitrogens with one attached hydrogen (secondary N) is 2. The first-order valence-corrected chi connectivity index (χ1v) is 10.8. The summed E-state index contributed by atoms with van der Waals surface area (Å²) < 4.78 is 0. The smallest absolute Gasteiger partial charge is 0.323 e. The van der Waals surface area contributed by atoms with Gasteiger partial charge in [0, 0.05) is 24.4 Å². The molecule has 2 N–H and O–H groups in total. The molecule has 32 heavy (non-hydrogen) atoms. The number of para-hydroxylation sites is 1. The number of carbonyl (C=O) groups is 3. The van der Waals surface area contributed by atoms with E-state index < -0.39 is 6.04 Å². The summed E-state index contributed by atoms with van der Waals surface area (Å²) in [4.78, 5) is 42.9. The molecule has 1 aliphatic heterocycles. The van der Waals surface area contributed by atoms with Gasteiger partial charge in [0.2, 0.25) is 5.91 Å². The van der Waals surface area contributed by atoms with Gasteiger partial charge in [-0.1, -0.05) is 48.5 Å². The van der Waals surface area contributed by atoms with Crippen molar-refractivity contribution in [3.8, 4) is 0 Å². The van der Waals surface area contributed by atoms with Gasteiger partial charge >= 0.3 is 6.03 Å². The number of aromatic nitrogens is 1. The lowest BCUT2D eigenvalue weighted by Crippen LogP contribution is -2.47. The second kappa shape index (κ2) is 10.0. The average Bonchev–Trinajstić information content (AvgIpc) is 2.84. The molecule has 1 fully saturated rings. The zero-order valence-corrected chi connectivity index (χ0v) is 17.7. The molecule has 3 aromatic rings. The van der Waals surface area contributed by atoms with Crippen LogP contribution in [0.3, 0.4) is 0 Å². The molecule has 1 saturated heterocycles. The Morgan fingerprint density at radius 3 is 2.47 bits per heavy atom. The molecule has 0 bridgehead atoms. The van der Waals surface area contributed by atoms with Gasteiger partial charge in [-0.25, -0.2) is 9.78 Å². The molecular weight excluding hydrogens is 404 g/mol. The Morgan fingerprint density at radius 2 is 1.72 bits per heavy atom. The van der Waals surface area contributed by atoms with E-state index in [0.29, 0.717) is 38.2 Å². The van der Waals surface area contributed by atoms with Crippen molar-refractivity contribution in [3.05, 3.63) is 72.3 Å². The second-order valence-corrected chi connectivity index (χ2v) is 8.02. The van der Waals surface area contributed by atoms with E-state index in [2.05, 4.69) is 15.6 Å². The Kier molecular flexibility index (Phi) is 6.75. The maximum Gasteiger partial charge on any atom is 0.323 e. The van der Waals surface area contributed by atoms with E-state index in [-0.39, 0.29) is 17.9 Å². The Morgan fingerprint density at radius 1 is 1.00 bits per heavy atom. The van der Waals surface area contributed by atoms with E-state index >= 15 is 0 Å². The fourth-order valence-electron chi connectivity index (χ4n) is 3.97. The highest BCUT2D eigenvalue weighted by atomic mass is 16.2. The molecule has 1 aromatic heterocycles.